The molecule has 19 heavy (non-hydrogen) atoms. The first kappa shape index (κ1) is 14.6. The van der Waals surface area contributed by atoms with Crippen LogP contribution in [0.15, 0.2) is 24.3 Å². The maximum atomic E-state index is 6.69. The van der Waals surface area contributed by atoms with Crippen LogP contribution in [0.5, 0.6) is 0 Å². The summed E-state index contributed by atoms with van der Waals surface area (Å²) in [5.74, 6) is 1.58. The Morgan fingerprint density at radius 2 is 1.63 bits per heavy atom. The lowest BCUT2D eigenvalue weighted by atomic mass is 9.70. The van der Waals surface area contributed by atoms with E-state index in [1.54, 1.807) is 0 Å². The molecule has 1 aliphatic rings. The summed E-state index contributed by atoms with van der Waals surface area (Å²) < 4.78 is 0. The molecule has 0 heterocycles. The van der Waals surface area contributed by atoms with Gasteiger partial charge in [-0.15, -0.1) is 0 Å². The minimum atomic E-state index is -0.162. The van der Waals surface area contributed by atoms with Crippen molar-refractivity contribution in [2.75, 3.05) is 0 Å². The largest absolute Gasteiger partial charge is 0.321 e. The van der Waals surface area contributed by atoms with Gasteiger partial charge in [0.25, 0.3) is 0 Å². The number of hydrogen-bond donors (Lipinski definition) is 1. The van der Waals surface area contributed by atoms with Crippen LogP contribution >= 0.6 is 0 Å². The Kier molecular flexibility index (Phi) is 4.67. The zero-order valence-corrected chi connectivity index (χ0v) is 12.8. The lowest BCUT2D eigenvalue weighted by molar-refractivity contribution is 0.183. The molecule has 1 aromatic rings. The van der Waals surface area contributed by atoms with E-state index < -0.39 is 0 Å². The molecule has 1 atom stereocenters. The fourth-order valence-corrected chi connectivity index (χ4v) is 3.51. The summed E-state index contributed by atoms with van der Waals surface area (Å²) in [6.07, 6.45) is 7.74. The first-order chi connectivity index (χ1) is 9.07. The van der Waals surface area contributed by atoms with Crippen molar-refractivity contribution in [1.29, 1.82) is 0 Å². The smallest absolute Gasteiger partial charge is 0.0409 e. The third-order valence-electron chi connectivity index (χ3n) is 5.26. The maximum Gasteiger partial charge on any atom is 0.0409 e. The van der Waals surface area contributed by atoms with Gasteiger partial charge in [-0.1, -0.05) is 57.4 Å². The SMILES string of the molecule is CCc1ccc(C(C)(N)C2CCC(CC)CC2)cc1. The van der Waals surface area contributed by atoms with E-state index in [-0.39, 0.29) is 5.54 Å². The van der Waals surface area contributed by atoms with E-state index in [0.29, 0.717) is 5.92 Å². The summed E-state index contributed by atoms with van der Waals surface area (Å²) in [6.45, 7) is 6.74. The van der Waals surface area contributed by atoms with E-state index in [2.05, 4.69) is 45.0 Å². The van der Waals surface area contributed by atoms with Crippen molar-refractivity contribution in [3.8, 4) is 0 Å². The van der Waals surface area contributed by atoms with Gasteiger partial charge in [0.1, 0.15) is 0 Å². The van der Waals surface area contributed by atoms with Crippen LogP contribution < -0.4 is 5.73 Å². The first-order valence-corrected chi connectivity index (χ1v) is 7.96. The Morgan fingerprint density at radius 1 is 1.05 bits per heavy atom. The van der Waals surface area contributed by atoms with Gasteiger partial charge in [0.2, 0.25) is 0 Å². The third kappa shape index (κ3) is 3.20. The van der Waals surface area contributed by atoms with E-state index in [4.69, 9.17) is 5.73 Å². The van der Waals surface area contributed by atoms with Crippen LogP contribution in [0.4, 0.5) is 0 Å². The van der Waals surface area contributed by atoms with Gasteiger partial charge in [0.15, 0.2) is 0 Å². The van der Waals surface area contributed by atoms with Crippen molar-refractivity contribution in [3.63, 3.8) is 0 Å². The summed E-state index contributed by atoms with van der Waals surface area (Å²) in [5, 5.41) is 0. The molecule has 106 valence electrons. The lowest BCUT2D eigenvalue weighted by Gasteiger charge is -2.39. The Labute approximate surface area is 118 Å². The van der Waals surface area contributed by atoms with Gasteiger partial charge in [-0.3, -0.25) is 0 Å². The molecule has 2 N–H and O–H groups in total. The third-order valence-corrected chi connectivity index (χ3v) is 5.26. The van der Waals surface area contributed by atoms with Crippen molar-refractivity contribution in [2.24, 2.45) is 17.6 Å². The summed E-state index contributed by atoms with van der Waals surface area (Å²) >= 11 is 0. The van der Waals surface area contributed by atoms with Gasteiger partial charge in [-0.25, -0.2) is 0 Å². The van der Waals surface area contributed by atoms with E-state index >= 15 is 0 Å². The van der Waals surface area contributed by atoms with Gasteiger partial charge in [-0.05, 0) is 49.1 Å². The second kappa shape index (κ2) is 6.09. The monoisotopic (exact) mass is 259 g/mol. The van der Waals surface area contributed by atoms with Gasteiger partial charge < -0.3 is 5.73 Å². The van der Waals surface area contributed by atoms with Crippen LogP contribution in [0, 0.1) is 11.8 Å². The number of aryl methyl sites for hydroxylation is 1. The van der Waals surface area contributed by atoms with Crippen LogP contribution in [0.3, 0.4) is 0 Å². The van der Waals surface area contributed by atoms with Crippen molar-refractivity contribution in [1.82, 2.24) is 0 Å². The van der Waals surface area contributed by atoms with Crippen molar-refractivity contribution >= 4 is 0 Å². The fraction of sp³-hybridized carbons (Fsp3) is 0.667. The van der Waals surface area contributed by atoms with Gasteiger partial charge in [0.05, 0.1) is 0 Å². The molecule has 1 aromatic carbocycles. The highest BCUT2D eigenvalue weighted by Gasteiger charge is 2.34. The van der Waals surface area contributed by atoms with Gasteiger partial charge in [-0.2, -0.15) is 0 Å². The van der Waals surface area contributed by atoms with E-state index in [9.17, 15) is 0 Å². The van der Waals surface area contributed by atoms with Gasteiger partial charge in [0, 0.05) is 5.54 Å². The minimum absolute atomic E-state index is 0.162. The molecule has 1 nitrogen and oxygen atoms in total. The summed E-state index contributed by atoms with van der Waals surface area (Å²) in [7, 11) is 0. The van der Waals surface area contributed by atoms with E-state index in [1.807, 2.05) is 0 Å². The number of hydrogen-bond acceptors (Lipinski definition) is 1. The molecule has 0 spiro atoms. The number of benzene rings is 1. The Balaban J connectivity index is 2.08. The van der Waals surface area contributed by atoms with Crippen molar-refractivity contribution in [3.05, 3.63) is 35.4 Å². The highest BCUT2D eigenvalue weighted by atomic mass is 14.7. The van der Waals surface area contributed by atoms with E-state index in [0.717, 1.165) is 12.3 Å². The maximum absolute atomic E-state index is 6.69. The average molecular weight is 259 g/mol. The molecule has 1 saturated carbocycles. The average Bonchev–Trinajstić information content (AvgIpc) is 2.47. The molecule has 0 aromatic heterocycles. The topological polar surface area (TPSA) is 26.0 Å². The molecule has 2 rings (SSSR count). The highest BCUT2D eigenvalue weighted by Crippen LogP contribution is 2.40. The molecule has 0 amide bonds. The Bertz CT molecular complexity index is 383. The quantitative estimate of drug-likeness (QED) is 0.837. The zero-order chi connectivity index (χ0) is 13.9. The summed E-state index contributed by atoms with van der Waals surface area (Å²) in [5.41, 5.74) is 9.24. The molecule has 0 bridgehead atoms. The van der Waals surface area contributed by atoms with Crippen LogP contribution in [0.1, 0.15) is 64.0 Å². The number of rotatable bonds is 4. The second-order valence-corrected chi connectivity index (χ2v) is 6.46. The minimum Gasteiger partial charge on any atom is -0.321 e. The first-order valence-electron chi connectivity index (χ1n) is 7.96. The predicted octanol–water partition coefficient (Wildman–Crippen LogP) is 4.64. The second-order valence-electron chi connectivity index (χ2n) is 6.46. The number of nitrogens with two attached hydrogens (primary N) is 1. The Morgan fingerprint density at radius 3 is 2.11 bits per heavy atom. The van der Waals surface area contributed by atoms with Crippen LogP contribution in [0.2, 0.25) is 0 Å². The molecular weight excluding hydrogens is 230 g/mol. The van der Waals surface area contributed by atoms with Crippen LogP contribution in [-0.4, -0.2) is 0 Å². The predicted molar refractivity (Wildman–Crippen MR) is 83.1 cm³/mol. The molecule has 1 aliphatic carbocycles. The molecular formula is C18H29N. The van der Waals surface area contributed by atoms with Gasteiger partial charge >= 0.3 is 0 Å². The summed E-state index contributed by atoms with van der Waals surface area (Å²) in [6, 6.07) is 8.95. The normalized spacial score (nSPS) is 26.9. The highest BCUT2D eigenvalue weighted by molar-refractivity contribution is 5.28. The molecule has 1 fully saturated rings. The molecule has 0 radical (unpaired) electrons. The molecule has 0 aliphatic heterocycles. The Hall–Kier alpha value is -0.820. The van der Waals surface area contributed by atoms with Crippen molar-refractivity contribution < 1.29 is 0 Å². The lowest BCUT2D eigenvalue weighted by Crippen LogP contribution is -2.42. The molecule has 1 heteroatoms. The zero-order valence-electron chi connectivity index (χ0n) is 12.8. The van der Waals surface area contributed by atoms with Crippen LogP contribution in [-0.2, 0) is 12.0 Å². The fourth-order valence-electron chi connectivity index (χ4n) is 3.51. The standard InChI is InChI=1S/C18H29N/c1-4-14-6-10-16(11-7-14)18(3,19)17-12-8-15(5-2)9-13-17/h6-7,10-11,15,17H,4-5,8-9,12-13,19H2,1-3H3. The van der Waals surface area contributed by atoms with E-state index in [1.165, 1.54) is 43.2 Å². The van der Waals surface area contributed by atoms with Crippen LogP contribution in [0.25, 0.3) is 0 Å². The van der Waals surface area contributed by atoms with Crippen molar-refractivity contribution in [2.45, 2.75) is 64.8 Å². The summed E-state index contributed by atoms with van der Waals surface area (Å²) in [4.78, 5) is 0. The molecule has 0 saturated heterocycles. The molecule has 1 unspecified atom stereocenters.